The van der Waals surface area contributed by atoms with Gasteiger partial charge in [-0.1, -0.05) is 0 Å². The fourth-order valence-electron chi connectivity index (χ4n) is 1.16. The molecule has 0 spiro atoms. The van der Waals surface area contributed by atoms with Crippen molar-refractivity contribution in [3.63, 3.8) is 0 Å². The summed E-state index contributed by atoms with van der Waals surface area (Å²) in [6.07, 6.45) is 0.0292. The first-order chi connectivity index (χ1) is 9.10. The number of carboxylic acids is 1. The van der Waals surface area contributed by atoms with Gasteiger partial charge in [0.2, 0.25) is 0 Å². The molecule has 0 radical (unpaired) electrons. The Kier molecular flexibility index (Phi) is 4.77. The van der Waals surface area contributed by atoms with Crippen LogP contribution in [0.25, 0.3) is 0 Å². The maximum absolute atomic E-state index is 11.7. The molecule has 0 atom stereocenters. The van der Waals surface area contributed by atoms with Gasteiger partial charge in [0.1, 0.15) is 5.60 Å². The van der Waals surface area contributed by atoms with E-state index in [1.54, 1.807) is 20.8 Å². The Bertz CT molecular complexity index is 507. The summed E-state index contributed by atoms with van der Waals surface area (Å²) in [5, 5.41) is 12.5. The van der Waals surface area contributed by atoms with E-state index in [1.807, 2.05) is 0 Å². The van der Waals surface area contributed by atoms with E-state index in [-0.39, 0.29) is 10.1 Å². The molecule has 9 heteroatoms. The lowest BCUT2D eigenvalue weighted by molar-refractivity contribution is -0.132. The summed E-state index contributed by atoms with van der Waals surface area (Å²) < 4.78 is 4.97. The number of carbonyl (C=O) groups excluding carboxylic acids is 2. The van der Waals surface area contributed by atoms with Crippen molar-refractivity contribution in [1.82, 2.24) is 10.3 Å². The minimum Gasteiger partial charge on any atom is -0.478 e. The fourth-order valence-corrected chi connectivity index (χ4v) is 2.05. The van der Waals surface area contributed by atoms with Gasteiger partial charge in [-0.3, -0.25) is 9.69 Å². The number of hydrazone groups is 1. The van der Waals surface area contributed by atoms with Crippen LogP contribution < -0.4 is 5.43 Å². The molecule has 2 N–H and O–H groups in total. The molecule has 20 heavy (non-hydrogen) atoms. The number of aliphatic carboxylic acids is 1. The van der Waals surface area contributed by atoms with Crippen molar-refractivity contribution in [2.45, 2.75) is 26.4 Å². The summed E-state index contributed by atoms with van der Waals surface area (Å²) in [5.74, 6) is -1.72. The number of amides is 2. The first kappa shape index (κ1) is 16.0. The molecule has 1 saturated heterocycles. The van der Waals surface area contributed by atoms with Crippen LogP contribution in [0.4, 0.5) is 4.79 Å². The lowest BCUT2D eigenvalue weighted by Crippen LogP contribution is -2.32. The number of hydrogen-bond acceptors (Lipinski definition) is 6. The largest absolute Gasteiger partial charge is 0.478 e. The molecule has 110 valence electrons. The van der Waals surface area contributed by atoms with E-state index in [2.05, 4.69) is 10.5 Å². The van der Waals surface area contributed by atoms with Crippen molar-refractivity contribution in [1.29, 1.82) is 0 Å². The Morgan fingerprint density at radius 3 is 2.55 bits per heavy atom. The number of likely N-dealkylation sites (N-methyl/N-ethyl adjacent to an activating group) is 1. The van der Waals surface area contributed by atoms with Crippen LogP contribution in [0.2, 0.25) is 0 Å². The molecule has 2 amide bonds. The van der Waals surface area contributed by atoms with Crippen LogP contribution in [0.1, 0.15) is 20.8 Å². The maximum Gasteiger partial charge on any atom is 0.428 e. The van der Waals surface area contributed by atoms with Gasteiger partial charge in [-0.05, 0) is 32.5 Å². The third-order valence-electron chi connectivity index (χ3n) is 1.90. The second kappa shape index (κ2) is 5.95. The van der Waals surface area contributed by atoms with Gasteiger partial charge in [0.25, 0.3) is 5.91 Å². The molecule has 0 aromatic rings. The Labute approximate surface area is 119 Å². The molecule has 0 aliphatic carbocycles. The third kappa shape index (κ3) is 4.57. The smallest absolute Gasteiger partial charge is 0.428 e. The van der Waals surface area contributed by atoms with Crippen molar-refractivity contribution in [2.75, 3.05) is 7.05 Å². The highest BCUT2D eigenvalue weighted by Gasteiger charge is 2.31. The number of amidine groups is 1. The molecule has 1 heterocycles. The van der Waals surface area contributed by atoms with Crippen molar-refractivity contribution < 1.29 is 24.2 Å². The predicted octanol–water partition coefficient (Wildman–Crippen LogP) is 0.956. The van der Waals surface area contributed by atoms with Crippen molar-refractivity contribution in [3.05, 3.63) is 11.0 Å². The Balaban J connectivity index is 2.73. The summed E-state index contributed by atoms with van der Waals surface area (Å²) >= 11 is 0.852. The van der Waals surface area contributed by atoms with E-state index < -0.39 is 23.6 Å². The number of thioether (sulfide) groups is 1. The van der Waals surface area contributed by atoms with Gasteiger partial charge in [0.15, 0.2) is 5.17 Å². The summed E-state index contributed by atoms with van der Waals surface area (Å²) in [7, 11) is 1.42. The molecule has 1 fully saturated rings. The average molecular weight is 301 g/mol. The predicted molar refractivity (Wildman–Crippen MR) is 72.9 cm³/mol. The zero-order chi connectivity index (χ0) is 15.5. The molecule has 0 bridgehead atoms. The van der Waals surface area contributed by atoms with E-state index in [4.69, 9.17) is 9.84 Å². The first-order valence-electron chi connectivity index (χ1n) is 5.57. The number of nitrogens with one attached hydrogen (secondary N) is 1. The van der Waals surface area contributed by atoms with Gasteiger partial charge in [0.05, 0.1) is 4.91 Å². The topological polar surface area (TPSA) is 108 Å². The number of ether oxygens (including phenoxy) is 1. The van der Waals surface area contributed by atoms with Crippen LogP contribution >= 0.6 is 11.8 Å². The van der Waals surface area contributed by atoms with Crippen molar-refractivity contribution >= 4 is 34.9 Å². The number of hydrogen-bond donors (Lipinski definition) is 2. The van der Waals surface area contributed by atoms with E-state index in [0.717, 1.165) is 22.7 Å². The number of nitrogens with zero attached hydrogens (tertiary/aromatic N) is 2. The number of carboxylic acid groups (broad SMARTS) is 1. The number of carbonyl (C=O) groups is 3. The molecule has 0 aromatic carbocycles. The normalized spacial score (nSPS) is 19.6. The molecule has 1 aliphatic heterocycles. The minimum atomic E-state index is -1.23. The van der Waals surface area contributed by atoms with Gasteiger partial charge in [-0.25, -0.2) is 15.0 Å². The monoisotopic (exact) mass is 301 g/mol. The average Bonchev–Trinajstić information content (AvgIpc) is 2.52. The second-order valence-corrected chi connectivity index (χ2v) is 5.83. The van der Waals surface area contributed by atoms with Gasteiger partial charge < -0.3 is 9.84 Å². The van der Waals surface area contributed by atoms with Crippen LogP contribution in [0.15, 0.2) is 16.1 Å². The molecule has 0 saturated carbocycles. The van der Waals surface area contributed by atoms with E-state index >= 15 is 0 Å². The molecule has 8 nitrogen and oxygen atoms in total. The molecular weight excluding hydrogens is 286 g/mol. The summed E-state index contributed by atoms with van der Waals surface area (Å²) in [5.41, 5.74) is 1.48. The lowest BCUT2D eigenvalue weighted by Gasteiger charge is -2.18. The SMILES string of the molecule is CN1C(=O)/C(=C/C(=O)O)SC1=NNC(=O)OC(C)(C)C. The Morgan fingerprint density at radius 2 is 2.05 bits per heavy atom. The number of rotatable bonds is 2. The fraction of sp³-hybridized carbons (Fsp3) is 0.455. The highest BCUT2D eigenvalue weighted by atomic mass is 32.2. The van der Waals surface area contributed by atoms with Crippen molar-refractivity contribution in [2.24, 2.45) is 5.10 Å². The molecule has 1 rings (SSSR count). The molecule has 0 aromatic heterocycles. The zero-order valence-corrected chi connectivity index (χ0v) is 12.3. The summed E-state index contributed by atoms with van der Waals surface area (Å²) in [6, 6.07) is 0. The quantitative estimate of drug-likeness (QED) is 0.581. The van der Waals surface area contributed by atoms with Crippen LogP contribution in [0.5, 0.6) is 0 Å². The van der Waals surface area contributed by atoms with Crippen LogP contribution in [-0.2, 0) is 14.3 Å². The highest BCUT2D eigenvalue weighted by Crippen LogP contribution is 2.29. The Hall–Kier alpha value is -2.03. The maximum atomic E-state index is 11.7. The summed E-state index contributed by atoms with van der Waals surface area (Å²) in [4.78, 5) is 34.8. The summed E-state index contributed by atoms with van der Waals surface area (Å²) in [6.45, 7) is 5.11. The lowest BCUT2D eigenvalue weighted by atomic mass is 10.2. The molecule has 1 aliphatic rings. The van der Waals surface area contributed by atoms with Crippen LogP contribution in [-0.4, -0.2) is 45.8 Å². The van der Waals surface area contributed by atoms with Gasteiger partial charge in [-0.2, -0.15) is 0 Å². The van der Waals surface area contributed by atoms with E-state index in [1.165, 1.54) is 7.05 Å². The standard InChI is InChI=1S/C11H15N3O5S/c1-11(2,3)19-10(18)13-12-9-14(4)8(17)6(20-9)5-7(15)16/h5H,1-4H3,(H,13,18)(H,15,16)/b6-5-,12-9?. The molecular formula is C11H15N3O5S. The zero-order valence-electron chi connectivity index (χ0n) is 11.5. The first-order valence-corrected chi connectivity index (χ1v) is 6.39. The van der Waals surface area contributed by atoms with Crippen LogP contribution in [0.3, 0.4) is 0 Å². The van der Waals surface area contributed by atoms with Crippen LogP contribution in [0, 0.1) is 0 Å². The molecule has 0 unspecified atom stereocenters. The van der Waals surface area contributed by atoms with Gasteiger partial charge in [-0.15, -0.1) is 5.10 Å². The third-order valence-corrected chi connectivity index (χ3v) is 2.96. The second-order valence-electron chi connectivity index (χ2n) is 4.82. The highest BCUT2D eigenvalue weighted by molar-refractivity contribution is 8.18. The minimum absolute atomic E-state index is 0.0183. The van der Waals surface area contributed by atoms with Crippen molar-refractivity contribution in [3.8, 4) is 0 Å². The van der Waals surface area contributed by atoms with E-state index in [9.17, 15) is 14.4 Å². The van der Waals surface area contributed by atoms with Gasteiger partial charge in [0, 0.05) is 13.1 Å². The van der Waals surface area contributed by atoms with Gasteiger partial charge >= 0.3 is 12.1 Å². The Morgan fingerprint density at radius 1 is 1.45 bits per heavy atom. The van der Waals surface area contributed by atoms with E-state index in [0.29, 0.717) is 0 Å².